The van der Waals surface area contributed by atoms with Crippen molar-refractivity contribution in [3.63, 3.8) is 0 Å². The van der Waals surface area contributed by atoms with Crippen molar-refractivity contribution in [3.8, 4) is 0 Å². The molecule has 0 bridgehead atoms. The number of rotatable bonds is 5. The number of esters is 1. The molecule has 3 rings (SSSR count). The number of nitrogens with one attached hydrogen (secondary N) is 1. The molecule has 1 aliphatic heterocycles. The highest BCUT2D eigenvalue weighted by Crippen LogP contribution is 2.30. The van der Waals surface area contributed by atoms with Gasteiger partial charge in [-0.2, -0.15) is 0 Å². The Balaban J connectivity index is 1.88. The number of hydrogen-bond donors (Lipinski definition) is 1. The van der Waals surface area contributed by atoms with Gasteiger partial charge >= 0.3 is 5.97 Å². The Morgan fingerprint density at radius 3 is 2.52 bits per heavy atom. The fraction of sp³-hybridized carbons (Fsp3) is 0.105. The van der Waals surface area contributed by atoms with Gasteiger partial charge in [0, 0.05) is 10.2 Å². The van der Waals surface area contributed by atoms with E-state index in [9.17, 15) is 14.4 Å². The lowest BCUT2D eigenvalue weighted by molar-refractivity contribution is -0.120. The minimum atomic E-state index is -0.665. The molecule has 1 N–H and O–H groups in total. The highest BCUT2D eigenvalue weighted by atomic mass is 79.9. The van der Waals surface area contributed by atoms with Crippen molar-refractivity contribution in [2.75, 3.05) is 16.8 Å². The van der Waals surface area contributed by atoms with E-state index in [0.29, 0.717) is 5.69 Å². The number of benzene rings is 2. The molecular formula is C19H14BrClN2O4. The van der Waals surface area contributed by atoms with Gasteiger partial charge in [0.15, 0.2) is 0 Å². The molecule has 0 fully saturated rings. The summed E-state index contributed by atoms with van der Waals surface area (Å²) < 4.78 is 5.82. The van der Waals surface area contributed by atoms with Gasteiger partial charge in [-0.25, -0.2) is 9.69 Å². The van der Waals surface area contributed by atoms with Gasteiger partial charge < -0.3 is 10.1 Å². The van der Waals surface area contributed by atoms with E-state index in [2.05, 4.69) is 21.2 Å². The van der Waals surface area contributed by atoms with Gasteiger partial charge in [0.2, 0.25) is 0 Å². The van der Waals surface area contributed by atoms with Crippen molar-refractivity contribution in [1.29, 1.82) is 0 Å². The quantitative estimate of drug-likeness (QED) is 0.550. The van der Waals surface area contributed by atoms with Crippen LogP contribution in [0.1, 0.15) is 17.3 Å². The predicted octanol–water partition coefficient (Wildman–Crippen LogP) is 4.06. The Morgan fingerprint density at radius 2 is 1.85 bits per heavy atom. The maximum Gasteiger partial charge on any atom is 0.338 e. The van der Waals surface area contributed by atoms with Crippen LogP contribution in [0.15, 0.2) is 63.7 Å². The largest absolute Gasteiger partial charge is 0.462 e. The second-order valence-electron chi connectivity index (χ2n) is 5.54. The van der Waals surface area contributed by atoms with Crippen LogP contribution in [0, 0.1) is 0 Å². The summed E-state index contributed by atoms with van der Waals surface area (Å²) in [6.45, 7) is 1.91. The van der Waals surface area contributed by atoms with Gasteiger partial charge in [-0.15, -0.1) is 0 Å². The molecule has 0 aliphatic carbocycles. The molecule has 0 saturated heterocycles. The molecule has 0 unspecified atom stereocenters. The topological polar surface area (TPSA) is 75.7 Å². The number of anilines is 2. The molecule has 0 aromatic heterocycles. The Labute approximate surface area is 168 Å². The van der Waals surface area contributed by atoms with Crippen LogP contribution < -0.4 is 10.2 Å². The summed E-state index contributed by atoms with van der Waals surface area (Å²) >= 11 is 9.43. The van der Waals surface area contributed by atoms with E-state index in [1.165, 1.54) is 6.07 Å². The smallest absolute Gasteiger partial charge is 0.338 e. The van der Waals surface area contributed by atoms with Crippen LogP contribution in [0.2, 0.25) is 0 Å². The van der Waals surface area contributed by atoms with E-state index < -0.39 is 17.8 Å². The lowest BCUT2D eigenvalue weighted by atomic mass is 10.2. The zero-order valence-electron chi connectivity index (χ0n) is 14.2. The Hall–Kier alpha value is -2.64. The standard InChI is InChI=1S/C19H14BrClN2O4/c1-2-27-19(26)11-4-3-5-14(10-11)23-17(24)15(21)16(18(23)25)22-13-8-6-12(20)7-9-13/h3-10,22H,2H2,1H3. The molecule has 8 heteroatoms. The van der Waals surface area contributed by atoms with Crippen molar-refractivity contribution in [2.45, 2.75) is 6.92 Å². The summed E-state index contributed by atoms with van der Waals surface area (Å²) in [5.41, 5.74) is 1.06. The number of halogens is 2. The third kappa shape index (κ3) is 3.89. The number of hydrogen-bond acceptors (Lipinski definition) is 5. The minimum absolute atomic E-state index is 0.0227. The third-order valence-electron chi connectivity index (χ3n) is 3.76. The van der Waals surface area contributed by atoms with Crippen LogP contribution in [0.4, 0.5) is 11.4 Å². The summed E-state index contributed by atoms with van der Waals surface area (Å²) in [6, 6.07) is 13.1. The van der Waals surface area contributed by atoms with E-state index in [1.54, 1.807) is 49.4 Å². The molecule has 0 spiro atoms. The van der Waals surface area contributed by atoms with Crippen LogP contribution in [0.5, 0.6) is 0 Å². The SMILES string of the molecule is CCOC(=O)c1cccc(N2C(=O)C(Cl)=C(Nc3ccc(Br)cc3)C2=O)c1. The monoisotopic (exact) mass is 448 g/mol. The molecule has 2 aromatic carbocycles. The maximum atomic E-state index is 12.8. The molecule has 2 amide bonds. The molecule has 2 aromatic rings. The van der Waals surface area contributed by atoms with E-state index in [4.69, 9.17) is 16.3 Å². The first-order valence-electron chi connectivity index (χ1n) is 8.00. The van der Waals surface area contributed by atoms with E-state index in [0.717, 1.165) is 9.37 Å². The van der Waals surface area contributed by atoms with Gasteiger partial charge in [0.25, 0.3) is 11.8 Å². The second-order valence-corrected chi connectivity index (χ2v) is 6.83. The van der Waals surface area contributed by atoms with Crippen LogP contribution in [0.3, 0.4) is 0 Å². The van der Waals surface area contributed by atoms with Crippen molar-refractivity contribution >= 4 is 56.7 Å². The van der Waals surface area contributed by atoms with Crippen molar-refractivity contribution in [1.82, 2.24) is 0 Å². The first kappa shape index (κ1) is 19.1. The highest BCUT2D eigenvalue weighted by molar-refractivity contribution is 9.10. The van der Waals surface area contributed by atoms with E-state index in [1.807, 2.05) is 0 Å². The van der Waals surface area contributed by atoms with Gasteiger partial charge in [-0.3, -0.25) is 9.59 Å². The fourth-order valence-electron chi connectivity index (χ4n) is 2.51. The van der Waals surface area contributed by atoms with Crippen molar-refractivity contribution in [3.05, 3.63) is 69.3 Å². The van der Waals surface area contributed by atoms with Crippen LogP contribution in [-0.4, -0.2) is 24.4 Å². The number of carbonyl (C=O) groups excluding carboxylic acids is 3. The molecule has 0 radical (unpaired) electrons. The highest BCUT2D eigenvalue weighted by Gasteiger charge is 2.39. The van der Waals surface area contributed by atoms with Gasteiger partial charge in [0.05, 0.1) is 17.9 Å². The zero-order chi connectivity index (χ0) is 19.6. The van der Waals surface area contributed by atoms with Crippen molar-refractivity contribution in [2.24, 2.45) is 0 Å². The van der Waals surface area contributed by atoms with Gasteiger partial charge in [-0.05, 0) is 49.4 Å². The first-order valence-corrected chi connectivity index (χ1v) is 9.17. The number of imide groups is 1. The number of carbonyl (C=O) groups is 3. The normalized spacial score (nSPS) is 14.0. The number of nitrogens with zero attached hydrogens (tertiary/aromatic N) is 1. The van der Waals surface area contributed by atoms with Crippen molar-refractivity contribution < 1.29 is 19.1 Å². The Morgan fingerprint density at radius 1 is 1.15 bits per heavy atom. The molecule has 138 valence electrons. The number of amides is 2. The summed E-state index contributed by atoms with van der Waals surface area (Å²) in [7, 11) is 0. The maximum absolute atomic E-state index is 12.8. The predicted molar refractivity (Wildman–Crippen MR) is 106 cm³/mol. The van der Waals surface area contributed by atoms with Crippen LogP contribution >= 0.6 is 27.5 Å². The van der Waals surface area contributed by atoms with E-state index in [-0.39, 0.29) is 28.6 Å². The van der Waals surface area contributed by atoms with Crippen LogP contribution in [-0.2, 0) is 14.3 Å². The fourth-order valence-corrected chi connectivity index (χ4v) is 2.99. The summed E-state index contributed by atoms with van der Waals surface area (Å²) in [6.07, 6.45) is 0. The minimum Gasteiger partial charge on any atom is -0.462 e. The summed E-state index contributed by atoms with van der Waals surface area (Å²) in [4.78, 5) is 38.1. The molecule has 0 saturated carbocycles. The van der Waals surface area contributed by atoms with Crippen LogP contribution in [0.25, 0.3) is 0 Å². The average Bonchev–Trinajstić information content (AvgIpc) is 2.87. The molecule has 1 aliphatic rings. The average molecular weight is 450 g/mol. The zero-order valence-corrected chi connectivity index (χ0v) is 16.5. The molecule has 27 heavy (non-hydrogen) atoms. The van der Waals surface area contributed by atoms with Gasteiger partial charge in [-0.1, -0.05) is 33.6 Å². The molecule has 0 atom stereocenters. The first-order chi connectivity index (χ1) is 12.9. The second kappa shape index (κ2) is 7.94. The van der Waals surface area contributed by atoms with E-state index >= 15 is 0 Å². The molecule has 1 heterocycles. The Kier molecular flexibility index (Phi) is 5.62. The summed E-state index contributed by atoms with van der Waals surface area (Å²) in [5, 5.41) is 2.66. The third-order valence-corrected chi connectivity index (χ3v) is 4.64. The Bertz CT molecular complexity index is 956. The lowest BCUT2D eigenvalue weighted by Gasteiger charge is -2.16. The van der Waals surface area contributed by atoms with Gasteiger partial charge in [0.1, 0.15) is 10.7 Å². The number of ether oxygens (including phenoxy) is 1. The molecule has 6 nitrogen and oxygen atoms in total. The molecular weight excluding hydrogens is 436 g/mol. The summed E-state index contributed by atoms with van der Waals surface area (Å²) in [5.74, 6) is -1.80. The lowest BCUT2D eigenvalue weighted by Crippen LogP contribution is -2.32.